The molecule has 5 nitrogen and oxygen atoms in total. The minimum absolute atomic E-state index is 0.167. The first-order chi connectivity index (χ1) is 11.9. The summed E-state index contributed by atoms with van der Waals surface area (Å²) < 4.78 is 13.1. The smallest absolute Gasteiger partial charge is 0.259 e. The summed E-state index contributed by atoms with van der Waals surface area (Å²) in [5.74, 6) is -0.604. The Kier molecular flexibility index (Phi) is 5.20. The van der Waals surface area contributed by atoms with Crippen molar-refractivity contribution >= 4 is 17.5 Å². The van der Waals surface area contributed by atoms with Crippen LogP contribution >= 0.6 is 11.6 Å². The van der Waals surface area contributed by atoms with Crippen LogP contribution in [0.1, 0.15) is 21.6 Å². The summed E-state index contributed by atoms with van der Waals surface area (Å²) in [5, 5.41) is 0.407. The monoisotopic (exact) mass is 363 g/mol. The molecule has 2 heterocycles. The molecule has 3 rings (SSSR count). The van der Waals surface area contributed by atoms with Crippen LogP contribution in [0.4, 0.5) is 4.39 Å². The maximum atomic E-state index is 13.1. The zero-order valence-corrected chi connectivity index (χ0v) is 14.6. The number of aromatic nitrogens is 1. The molecule has 0 radical (unpaired) electrons. The van der Waals surface area contributed by atoms with Crippen molar-refractivity contribution in [1.29, 1.82) is 0 Å². The highest BCUT2D eigenvalue weighted by Crippen LogP contribution is 2.20. The summed E-state index contributed by atoms with van der Waals surface area (Å²) >= 11 is 6.07. The number of hydrogen-bond donors (Lipinski definition) is 1. The maximum absolute atomic E-state index is 13.1. The summed E-state index contributed by atoms with van der Waals surface area (Å²) in [7, 11) is 0. The molecule has 25 heavy (non-hydrogen) atoms. The minimum atomic E-state index is -0.354. The molecular weight excluding hydrogens is 345 g/mol. The third kappa shape index (κ3) is 4.08. The van der Waals surface area contributed by atoms with Crippen molar-refractivity contribution < 1.29 is 9.18 Å². The van der Waals surface area contributed by atoms with Gasteiger partial charge in [-0.05, 0) is 24.6 Å². The van der Waals surface area contributed by atoms with Crippen molar-refractivity contribution in [3.05, 3.63) is 68.3 Å². The van der Waals surface area contributed by atoms with Gasteiger partial charge in [-0.25, -0.2) is 4.39 Å². The van der Waals surface area contributed by atoms with Crippen LogP contribution in [0.15, 0.2) is 35.3 Å². The van der Waals surface area contributed by atoms with E-state index in [1.807, 2.05) is 0 Å². The van der Waals surface area contributed by atoms with Gasteiger partial charge in [-0.15, -0.1) is 0 Å². The molecule has 1 aromatic heterocycles. The van der Waals surface area contributed by atoms with Crippen LogP contribution in [-0.2, 0) is 6.54 Å². The normalized spacial score (nSPS) is 15.4. The Labute approximate surface area is 150 Å². The van der Waals surface area contributed by atoms with E-state index in [1.54, 1.807) is 17.9 Å². The van der Waals surface area contributed by atoms with E-state index < -0.39 is 0 Å². The molecule has 1 aromatic carbocycles. The number of piperazine rings is 1. The lowest BCUT2D eigenvalue weighted by molar-refractivity contribution is 0.0627. The van der Waals surface area contributed by atoms with Crippen molar-refractivity contribution in [2.45, 2.75) is 13.5 Å². The SMILES string of the molecule is Cc1cc(=O)c(C(=O)N2CCN(Cc3ccc(F)cc3Cl)CC2)c[nH]1. The Morgan fingerprint density at radius 1 is 1.24 bits per heavy atom. The molecule has 1 N–H and O–H groups in total. The second kappa shape index (κ2) is 7.37. The number of hydrogen-bond acceptors (Lipinski definition) is 3. The summed E-state index contributed by atoms with van der Waals surface area (Å²) in [6.07, 6.45) is 1.48. The molecule has 1 saturated heterocycles. The van der Waals surface area contributed by atoms with Gasteiger partial charge in [0.15, 0.2) is 5.43 Å². The number of aromatic amines is 1. The summed E-state index contributed by atoms with van der Waals surface area (Å²) in [6.45, 7) is 4.78. The summed E-state index contributed by atoms with van der Waals surface area (Å²) in [4.78, 5) is 31.2. The minimum Gasteiger partial charge on any atom is -0.364 e. The molecule has 0 saturated carbocycles. The zero-order valence-electron chi connectivity index (χ0n) is 13.9. The van der Waals surface area contributed by atoms with Crippen LogP contribution in [0.3, 0.4) is 0 Å². The van der Waals surface area contributed by atoms with Gasteiger partial charge >= 0.3 is 0 Å². The molecule has 0 unspecified atom stereocenters. The topological polar surface area (TPSA) is 56.4 Å². The van der Waals surface area contributed by atoms with Gasteiger partial charge in [0.2, 0.25) is 0 Å². The van der Waals surface area contributed by atoms with Crippen molar-refractivity contribution in [1.82, 2.24) is 14.8 Å². The van der Waals surface area contributed by atoms with Crippen LogP contribution in [-0.4, -0.2) is 46.9 Å². The third-order valence-corrected chi connectivity index (χ3v) is 4.71. The molecule has 0 atom stereocenters. The molecule has 0 aliphatic carbocycles. The number of nitrogens with one attached hydrogen (secondary N) is 1. The van der Waals surface area contributed by atoms with E-state index in [-0.39, 0.29) is 22.7 Å². The largest absolute Gasteiger partial charge is 0.364 e. The van der Waals surface area contributed by atoms with E-state index in [9.17, 15) is 14.0 Å². The van der Waals surface area contributed by atoms with Crippen LogP contribution in [0.5, 0.6) is 0 Å². The molecule has 1 aliphatic heterocycles. The first-order valence-corrected chi connectivity index (χ1v) is 8.47. The van der Waals surface area contributed by atoms with Gasteiger partial charge in [-0.3, -0.25) is 14.5 Å². The van der Waals surface area contributed by atoms with Crippen LogP contribution in [0.2, 0.25) is 5.02 Å². The van der Waals surface area contributed by atoms with E-state index >= 15 is 0 Å². The highest BCUT2D eigenvalue weighted by molar-refractivity contribution is 6.31. The number of H-pyrrole nitrogens is 1. The molecule has 2 aromatic rings. The van der Waals surface area contributed by atoms with Gasteiger partial charge in [0.05, 0.1) is 0 Å². The van der Waals surface area contributed by atoms with E-state index in [1.165, 1.54) is 24.4 Å². The quantitative estimate of drug-likeness (QED) is 0.911. The van der Waals surface area contributed by atoms with Gasteiger partial charge in [-0.2, -0.15) is 0 Å². The average Bonchev–Trinajstić information content (AvgIpc) is 2.57. The predicted octanol–water partition coefficient (Wildman–Crippen LogP) is 2.43. The number of nitrogens with zero attached hydrogens (tertiary/aromatic N) is 2. The second-order valence-corrected chi connectivity index (χ2v) is 6.61. The van der Waals surface area contributed by atoms with Gasteiger partial charge in [-0.1, -0.05) is 17.7 Å². The lowest BCUT2D eigenvalue weighted by Crippen LogP contribution is -2.49. The Balaban J connectivity index is 1.61. The van der Waals surface area contributed by atoms with Crippen LogP contribution in [0, 0.1) is 12.7 Å². The van der Waals surface area contributed by atoms with Gasteiger partial charge < -0.3 is 9.88 Å². The molecule has 1 amide bonds. The van der Waals surface area contributed by atoms with Crippen LogP contribution < -0.4 is 5.43 Å². The molecule has 0 bridgehead atoms. The first-order valence-electron chi connectivity index (χ1n) is 8.09. The summed E-state index contributed by atoms with van der Waals surface area (Å²) in [5.41, 5.74) is 1.49. The number of rotatable bonds is 3. The number of pyridine rings is 1. The fourth-order valence-electron chi connectivity index (χ4n) is 2.91. The Morgan fingerprint density at radius 3 is 2.60 bits per heavy atom. The van der Waals surface area contributed by atoms with E-state index in [0.29, 0.717) is 37.7 Å². The van der Waals surface area contributed by atoms with E-state index in [2.05, 4.69) is 9.88 Å². The van der Waals surface area contributed by atoms with Crippen molar-refractivity contribution in [3.63, 3.8) is 0 Å². The lowest BCUT2D eigenvalue weighted by Gasteiger charge is -2.34. The van der Waals surface area contributed by atoms with Crippen molar-refractivity contribution in [2.75, 3.05) is 26.2 Å². The van der Waals surface area contributed by atoms with Crippen LogP contribution in [0.25, 0.3) is 0 Å². The number of carbonyl (C=O) groups is 1. The number of carbonyl (C=O) groups excluding carboxylic acids is 1. The summed E-state index contributed by atoms with van der Waals surface area (Å²) in [6, 6.07) is 5.81. The van der Waals surface area contributed by atoms with E-state index in [0.717, 1.165) is 11.3 Å². The molecule has 1 aliphatic rings. The highest BCUT2D eigenvalue weighted by Gasteiger charge is 2.24. The fourth-order valence-corrected chi connectivity index (χ4v) is 3.14. The maximum Gasteiger partial charge on any atom is 0.259 e. The van der Waals surface area contributed by atoms with Crippen molar-refractivity contribution in [3.8, 4) is 0 Å². The third-order valence-electron chi connectivity index (χ3n) is 4.36. The lowest BCUT2D eigenvalue weighted by atomic mass is 10.1. The zero-order chi connectivity index (χ0) is 18.0. The van der Waals surface area contributed by atoms with E-state index in [4.69, 9.17) is 11.6 Å². The fraction of sp³-hybridized carbons (Fsp3) is 0.333. The average molecular weight is 364 g/mol. The molecule has 132 valence electrons. The molecule has 1 fully saturated rings. The predicted molar refractivity (Wildman–Crippen MR) is 94.4 cm³/mol. The number of halogens is 2. The number of benzene rings is 1. The molecule has 0 spiro atoms. The van der Waals surface area contributed by atoms with Gasteiger partial charge in [0.1, 0.15) is 11.4 Å². The van der Waals surface area contributed by atoms with Crippen molar-refractivity contribution in [2.24, 2.45) is 0 Å². The van der Waals surface area contributed by atoms with Gasteiger partial charge in [0.25, 0.3) is 5.91 Å². The first kappa shape index (κ1) is 17.6. The highest BCUT2D eigenvalue weighted by atomic mass is 35.5. The molecule has 7 heteroatoms. The number of amides is 1. The standard InChI is InChI=1S/C18H19ClFN3O2/c1-12-8-17(24)15(10-21-12)18(25)23-6-4-22(5-7-23)11-13-2-3-14(20)9-16(13)19/h2-3,8-10H,4-7,11H2,1H3,(H,21,24). The van der Waals surface area contributed by atoms with Gasteiger partial charge in [0, 0.05) is 55.7 Å². The Hall–Kier alpha value is -2.18. The number of aryl methyl sites for hydroxylation is 1. The second-order valence-electron chi connectivity index (χ2n) is 6.20. The Morgan fingerprint density at radius 2 is 1.96 bits per heavy atom. The molecular formula is C18H19ClFN3O2. The Bertz CT molecular complexity index is 844.